The third-order valence-electron chi connectivity index (χ3n) is 14.9. The molecule has 0 unspecified atom stereocenters. The van der Waals surface area contributed by atoms with Crippen molar-refractivity contribution in [3.8, 4) is 67.5 Å². The van der Waals surface area contributed by atoms with Gasteiger partial charge in [0.15, 0.2) is 17.5 Å². The van der Waals surface area contributed by atoms with Gasteiger partial charge < -0.3 is 0 Å². The molecule has 0 atom stereocenters. The molecular formula is C57H43N3. The second kappa shape index (κ2) is 13.1. The molecule has 3 heteroatoms. The average Bonchev–Trinajstić information content (AvgIpc) is 3.58. The molecule has 286 valence electrons. The summed E-state index contributed by atoms with van der Waals surface area (Å²) in [7, 11) is 0. The Morgan fingerprint density at radius 2 is 0.867 bits per heavy atom. The predicted molar refractivity (Wildman–Crippen MR) is 245 cm³/mol. The Kier molecular flexibility index (Phi) is 7.49. The highest BCUT2D eigenvalue weighted by Crippen LogP contribution is 2.69. The molecule has 9 aromatic rings. The van der Waals surface area contributed by atoms with E-state index < -0.39 is 0 Å². The lowest BCUT2D eigenvalue weighted by Crippen LogP contribution is -2.55. The molecule has 1 spiro atoms. The van der Waals surface area contributed by atoms with Crippen LogP contribution in [0.15, 0.2) is 176 Å². The largest absolute Gasteiger partial charge is 0.208 e. The minimum absolute atomic E-state index is 0.126. The lowest BCUT2D eigenvalue weighted by Gasteiger charge is -2.61. The third kappa shape index (κ3) is 5.18. The monoisotopic (exact) mass is 769 g/mol. The Bertz CT molecular complexity index is 3130. The number of nitrogens with zero attached hydrogens (tertiary/aromatic N) is 3. The van der Waals surface area contributed by atoms with Gasteiger partial charge in [0.1, 0.15) is 0 Å². The lowest BCUT2D eigenvalue weighted by atomic mass is 9.43. The number of hydrogen-bond donors (Lipinski definition) is 0. The smallest absolute Gasteiger partial charge is 0.164 e. The maximum atomic E-state index is 5.24. The highest BCUT2D eigenvalue weighted by molar-refractivity contribution is 5.96. The first-order valence-electron chi connectivity index (χ1n) is 21.8. The van der Waals surface area contributed by atoms with Crippen LogP contribution in [-0.4, -0.2) is 15.0 Å². The molecule has 4 saturated carbocycles. The van der Waals surface area contributed by atoms with Crippen LogP contribution in [0.2, 0.25) is 0 Å². The Hall–Kier alpha value is -6.71. The Labute approximate surface area is 350 Å². The minimum Gasteiger partial charge on any atom is -0.208 e. The van der Waals surface area contributed by atoms with Crippen molar-refractivity contribution in [2.45, 2.75) is 37.5 Å². The first-order chi connectivity index (χ1) is 29.7. The van der Waals surface area contributed by atoms with E-state index in [-0.39, 0.29) is 5.41 Å². The van der Waals surface area contributed by atoms with Crippen molar-refractivity contribution in [1.29, 1.82) is 0 Å². The average molecular weight is 770 g/mol. The van der Waals surface area contributed by atoms with E-state index in [1.165, 1.54) is 70.7 Å². The van der Waals surface area contributed by atoms with E-state index in [9.17, 15) is 0 Å². The molecule has 4 bridgehead atoms. The predicted octanol–water partition coefficient (Wildman–Crippen LogP) is 14.2. The second-order valence-electron chi connectivity index (χ2n) is 18.0. The standard InChI is InChI=1S/C57H43N3/c1-2-10-37(11-3-1)38-20-22-40(23-21-38)54-58-55(60-56(59-54)49-19-9-15-39-12-6-7-18-48(39)49)45-17-8-16-41(31-45)44-24-25-52-50(33-44)51-32-42-13-4-5-14-43(42)34-53(51)57(52)46-27-35-26-36(29-46)30-47(57)28-35/h1-25,31-36,46-47H,26-30H2. The summed E-state index contributed by atoms with van der Waals surface area (Å²) in [5.74, 6) is 5.29. The number of benzene rings is 8. The van der Waals surface area contributed by atoms with Gasteiger partial charge in [-0.3, -0.25) is 0 Å². The summed E-state index contributed by atoms with van der Waals surface area (Å²) in [6.45, 7) is 0. The van der Waals surface area contributed by atoms with Crippen LogP contribution in [0, 0.1) is 23.7 Å². The van der Waals surface area contributed by atoms with Gasteiger partial charge in [-0.1, -0.05) is 152 Å². The Morgan fingerprint density at radius 1 is 0.333 bits per heavy atom. The molecule has 0 aliphatic heterocycles. The van der Waals surface area contributed by atoms with Crippen molar-refractivity contribution < 1.29 is 0 Å². The maximum absolute atomic E-state index is 5.24. The third-order valence-corrected chi connectivity index (χ3v) is 14.9. The van der Waals surface area contributed by atoms with Crippen LogP contribution in [0.1, 0.15) is 43.2 Å². The number of rotatable bonds is 5. The first-order valence-corrected chi connectivity index (χ1v) is 21.8. The van der Waals surface area contributed by atoms with E-state index in [2.05, 4.69) is 176 Å². The fourth-order valence-corrected chi connectivity index (χ4v) is 12.5. The van der Waals surface area contributed by atoms with Gasteiger partial charge in [-0.15, -0.1) is 0 Å². The molecule has 0 N–H and O–H groups in total. The molecular weight excluding hydrogens is 727 g/mol. The van der Waals surface area contributed by atoms with Crippen LogP contribution in [-0.2, 0) is 5.41 Å². The van der Waals surface area contributed by atoms with E-state index in [1.54, 1.807) is 11.1 Å². The van der Waals surface area contributed by atoms with Gasteiger partial charge in [0.05, 0.1) is 0 Å². The summed E-state index contributed by atoms with van der Waals surface area (Å²) in [6.07, 6.45) is 6.99. The van der Waals surface area contributed by atoms with Crippen LogP contribution in [0.4, 0.5) is 0 Å². The summed E-state index contributed by atoms with van der Waals surface area (Å²) < 4.78 is 0. The van der Waals surface area contributed by atoms with Gasteiger partial charge in [-0.2, -0.15) is 0 Å². The fraction of sp³-hybridized carbons (Fsp3) is 0.175. The molecule has 1 heterocycles. The van der Waals surface area contributed by atoms with Crippen LogP contribution in [0.5, 0.6) is 0 Å². The van der Waals surface area contributed by atoms with Crippen molar-refractivity contribution >= 4 is 21.5 Å². The zero-order valence-corrected chi connectivity index (χ0v) is 33.4. The maximum Gasteiger partial charge on any atom is 0.164 e. The van der Waals surface area contributed by atoms with E-state index in [0.717, 1.165) is 56.7 Å². The molecule has 3 nitrogen and oxygen atoms in total. The van der Waals surface area contributed by atoms with Gasteiger partial charge in [0.2, 0.25) is 0 Å². The molecule has 1 aromatic heterocycles. The highest BCUT2D eigenvalue weighted by Gasteiger charge is 2.61. The molecule has 14 rings (SSSR count). The molecule has 0 radical (unpaired) electrons. The summed E-state index contributed by atoms with van der Waals surface area (Å²) in [4.78, 5) is 15.6. The zero-order valence-electron chi connectivity index (χ0n) is 33.4. The highest BCUT2D eigenvalue weighted by atomic mass is 15.0. The Balaban J connectivity index is 0.945. The topological polar surface area (TPSA) is 38.7 Å². The normalized spacial score (nSPS) is 22.1. The van der Waals surface area contributed by atoms with Crippen LogP contribution in [0.3, 0.4) is 0 Å². The molecule has 60 heavy (non-hydrogen) atoms. The number of aromatic nitrogens is 3. The molecule has 0 amide bonds. The molecule has 4 fully saturated rings. The van der Waals surface area contributed by atoms with Crippen molar-refractivity contribution in [3.05, 3.63) is 187 Å². The number of hydrogen-bond acceptors (Lipinski definition) is 3. The van der Waals surface area contributed by atoms with E-state index >= 15 is 0 Å². The van der Waals surface area contributed by atoms with Gasteiger partial charge in [-0.25, -0.2) is 15.0 Å². The molecule has 5 aliphatic carbocycles. The van der Waals surface area contributed by atoms with Crippen LogP contribution in [0.25, 0.3) is 89.1 Å². The van der Waals surface area contributed by atoms with Crippen molar-refractivity contribution in [3.63, 3.8) is 0 Å². The molecule has 5 aliphatic rings. The Morgan fingerprint density at radius 3 is 1.65 bits per heavy atom. The summed E-state index contributed by atoms with van der Waals surface area (Å²) in [6, 6.07) is 64.3. The summed E-state index contributed by atoms with van der Waals surface area (Å²) >= 11 is 0. The van der Waals surface area contributed by atoms with Crippen molar-refractivity contribution in [1.82, 2.24) is 15.0 Å². The van der Waals surface area contributed by atoms with Gasteiger partial charge >= 0.3 is 0 Å². The van der Waals surface area contributed by atoms with Crippen LogP contribution < -0.4 is 0 Å². The first kappa shape index (κ1) is 34.2. The number of fused-ring (bicyclic) bond motifs is 5. The van der Waals surface area contributed by atoms with Gasteiger partial charge in [0.25, 0.3) is 0 Å². The second-order valence-corrected chi connectivity index (χ2v) is 18.0. The molecule has 0 saturated heterocycles. The van der Waals surface area contributed by atoms with Crippen molar-refractivity contribution in [2.24, 2.45) is 23.7 Å². The quantitative estimate of drug-likeness (QED) is 0.175. The van der Waals surface area contributed by atoms with E-state index in [0.29, 0.717) is 17.5 Å². The lowest BCUT2D eigenvalue weighted by molar-refractivity contribution is -0.0398. The minimum atomic E-state index is 0.126. The fourth-order valence-electron chi connectivity index (χ4n) is 12.5. The van der Waals surface area contributed by atoms with Gasteiger partial charge in [0, 0.05) is 22.1 Å². The SMILES string of the molecule is c1ccc(-c2ccc(-c3nc(-c4cccc(-c5ccc6c(c5)-c5cc7ccccc7cc5C65C6CC7CC(C6)CC5C7)c4)nc(-c4cccc5ccccc45)n3)cc2)cc1. The molecule has 8 aromatic carbocycles. The summed E-state index contributed by atoms with van der Waals surface area (Å²) in [5.41, 5.74) is 13.9. The summed E-state index contributed by atoms with van der Waals surface area (Å²) in [5, 5.41) is 4.99. The zero-order chi connectivity index (χ0) is 39.4. The van der Waals surface area contributed by atoms with E-state index in [1.807, 2.05) is 0 Å². The van der Waals surface area contributed by atoms with Crippen LogP contribution >= 0.6 is 0 Å². The van der Waals surface area contributed by atoms with Crippen molar-refractivity contribution in [2.75, 3.05) is 0 Å². The van der Waals surface area contributed by atoms with E-state index in [4.69, 9.17) is 15.0 Å². The van der Waals surface area contributed by atoms with Gasteiger partial charge in [-0.05, 0) is 146 Å².